The fourth-order valence-corrected chi connectivity index (χ4v) is 4.75. The molecule has 2 N–H and O–H groups in total. The lowest BCUT2D eigenvalue weighted by molar-refractivity contribution is -0.115. The molecule has 0 bridgehead atoms. The first-order valence-electron chi connectivity index (χ1n) is 8.81. The lowest BCUT2D eigenvalue weighted by atomic mass is 9.89. The van der Waals surface area contributed by atoms with Crippen LogP contribution >= 0.6 is 22.9 Å². The lowest BCUT2D eigenvalue weighted by Crippen LogP contribution is -2.30. The van der Waals surface area contributed by atoms with Gasteiger partial charge >= 0.3 is 0 Å². The minimum absolute atomic E-state index is 0.0332. The van der Waals surface area contributed by atoms with Gasteiger partial charge in [-0.15, -0.1) is 11.3 Å². The van der Waals surface area contributed by atoms with Gasteiger partial charge in [0, 0.05) is 15.9 Å². The summed E-state index contributed by atoms with van der Waals surface area (Å²) in [4.78, 5) is 13.6. The molecule has 1 aromatic carbocycles. The highest BCUT2D eigenvalue weighted by Gasteiger charge is 2.24. The van der Waals surface area contributed by atoms with Crippen LogP contribution < -0.4 is 10.6 Å². The molecule has 0 saturated heterocycles. The quantitative estimate of drug-likeness (QED) is 0.782. The summed E-state index contributed by atoms with van der Waals surface area (Å²) in [5.74, 6) is 0.507. The third-order valence-corrected chi connectivity index (χ3v) is 6.24. The molecule has 4 nitrogen and oxygen atoms in total. The van der Waals surface area contributed by atoms with Crippen LogP contribution in [0.5, 0.6) is 0 Å². The molecule has 136 valence electrons. The van der Waals surface area contributed by atoms with E-state index in [1.54, 1.807) is 11.3 Å². The summed E-state index contributed by atoms with van der Waals surface area (Å²) in [5, 5.41) is 17.0. The molecule has 0 aliphatic heterocycles. The van der Waals surface area contributed by atoms with Crippen LogP contribution in [0.1, 0.15) is 47.9 Å². The number of anilines is 1. The van der Waals surface area contributed by atoms with Gasteiger partial charge in [0.15, 0.2) is 0 Å². The molecule has 1 aromatic heterocycles. The number of carbonyl (C=O) groups is 1. The fraction of sp³-hybridized carbons (Fsp3) is 0.400. The number of hydrogen-bond donors (Lipinski definition) is 2. The van der Waals surface area contributed by atoms with E-state index < -0.39 is 0 Å². The van der Waals surface area contributed by atoms with E-state index in [-0.39, 0.29) is 18.5 Å². The van der Waals surface area contributed by atoms with Gasteiger partial charge in [-0.25, -0.2) is 0 Å². The van der Waals surface area contributed by atoms with Crippen LogP contribution in [-0.4, -0.2) is 12.5 Å². The van der Waals surface area contributed by atoms with E-state index in [0.29, 0.717) is 21.5 Å². The van der Waals surface area contributed by atoms with Gasteiger partial charge in [0.05, 0.1) is 12.1 Å². The largest absolute Gasteiger partial charge is 0.315 e. The van der Waals surface area contributed by atoms with Crippen molar-refractivity contribution in [3.63, 3.8) is 0 Å². The predicted octanol–water partition coefficient (Wildman–Crippen LogP) is 4.69. The molecule has 0 radical (unpaired) electrons. The molecule has 2 atom stereocenters. The Morgan fingerprint density at radius 3 is 2.85 bits per heavy atom. The summed E-state index contributed by atoms with van der Waals surface area (Å²) in [5.41, 5.74) is 2.85. The summed E-state index contributed by atoms with van der Waals surface area (Å²) in [7, 11) is 0. The highest BCUT2D eigenvalue weighted by Crippen LogP contribution is 2.39. The average molecular weight is 388 g/mol. The Bertz CT molecular complexity index is 838. The summed E-state index contributed by atoms with van der Waals surface area (Å²) < 4.78 is 0. The summed E-state index contributed by atoms with van der Waals surface area (Å²) in [6.45, 7) is 4.42. The first-order chi connectivity index (χ1) is 12.5. The molecule has 0 saturated carbocycles. The topological polar surface area (TPSA) is 64.9 Å². The van der Waals surface area contributed by atoms with Gasteiger partial charge in [0.25, 0.3) is 0 Å². The van der Waals surface area contributed by atoms with Crippen LogP contribution in [0.15, 0.2) is 24.3 Å². The maximum atomic E-state index is 12.4. The number of thiophene rings is 1. The number of nitrogens with one attached hydrogen (secondary N) is 2. The number of nitrogens with zero attached hydrogens (tertiary/aromatic N) is 1. The van der Waals surface area contributed by atoms with Crippen molar-refractivity contribution in [3.8, 4) is 6.07 Å². The Labute approximate surface area is 163 Å². The van der Waals surface area contributed by atoms with E-state index in [4.69, 9.17) is 11.6 Å². The highest BCUT2D eigenvalue weighted by molar-refractivity contribution is 7.16. The lowest BCUT2D eigenvalue weighted by Gasteiger charge is -2.17. The predicted molar refractivity (Wildman–Crippen MR) is 107 cm³/mol. The Morgan fingerprint density at radius 1 is 1.42 bits per heavy atom. The number of fused-ring (bicyclic) bond motifs is 1. The normalized spacial score (nSPS) is 17.2. The first-order valence-corrected chi connectivity index (χ1v) is 10.0. The Balaban J connectivity index is 1.62. The number of rotatable bonds is 5. The van der Waals surface area contributed by atoms with Gasteiger partial charge in [-0.1, -0.05) is 30.7 Å². The third-order valence-electron chi connectivity index (χ3n) is 4.82. The van der Waals surface area contributed by atoms with Crippen LogP contribution in [0.2, 0.25) is 5.02 Å². The van der Waals surface area contributed by atoms with Crippen LogP contribution in [0.25, 0.3) is 0 Å². The monoisotopic (exact) mass is 387 g/mol. The van der Waals surface area contributed by atoms with Crippen LogP contribution in [0.4, 0.5) is 5.00 Å². The summed E-state index contributed by atoms with van der Waals surface area (Å²) >= 11 is 7.46. The molecule has 0 unspecified atom stereocenters. The smallest absolute Gasteiger partial charge is 0.238 e. The van der Waals surface area contributed by atoms with Crippen molar-refractivity contribution in [3.05, 3.63) is 50.9 Å². The van der Waals surface area contributed by atoms with Crippen LogP contribution in [0.3, 0.4) is 0 Å². The average Bonchev–Trinajstić information content (AvgIpc) is 2.96. The van der Waals surface area contributed by atoms with Gasteiger partial charge in [-0.05, 0) is 55.4 Å². The van der Waals surface area contributed by atoms with E-state index in [1.165, 1.54) is 4.88 Å². The van der Waals surface area contributed by atoms with Gasteiger partial charge in [-0.2, -0.15) is 5.26 Å². The van der Waals surface area contributed by atoms with Crippen LogP contribution in [0, 0.1) is 17.2 Å². The van der Waals surface area contributed by atoms with E-state index >= 15 is 0 Å². The standard InChI is InChI=1S/C20H22ClN3OS/c1-12-3-8-16-17(10-22)20(26-18(16)9-12)24-19(25)11-23-13(2)14-4-6-15(21)7-5-14/h4-7,12-13,23H,3,8-9,11H2,1-2H3,(H,24,25)/t12-,13+/m0/s1. The minimum Gasteiger partial charge on any atom is -0.315 e. The summed E-state index contributed by atoms with van der Waals surface area (Å²) in [6.07, 6.45) is 3.03. The van der Waals surface area contributed by atoms with E-state index in [2.05, 4.69) is 23.6 Å². The molecular formula is C20H22ClN3OS. The number of nitriles is 1. The summed E-state index contributed by atoms with van der Waals surface area (Å²) in [6, 6.07) is 9.88. The second-order valence-electron chi connectivity index (χ2n) is 6.87. The fourth-order valence-electron chi connectivity index (χ4n) is 3.24. The molecule has 1 aliphatic carbocycles. The maximum Gasteiger partial charge on any atom is 0.238 e. The molecular weight excluding hydrogens is 366 g/mol. The van der Waals surface area contributed by atoms with E-state index in [9.17, 15) is 10.1 Å². The van der Waals surface area contributed by atoms with Crippen molar-refractivity contribution < 1.29 is 4.79 Å². The Morgan fingerprint density at radius 2 is 2.15 bits per heavy atom. The highest BCUT2D eigenvalue weighted by atomic mass is 35.5. The number of benzene rings is 1. The molecule has 1 aliphatic rings. The van der Waals surface area contributed by atoms with Gasteiger partial charge in [0.2, 0.25) is 5.91 Å². The zero-order chi connectivity index (χ0) is 18.7. The Hall–Kier alpha value is -1.87. The SMILES string of the molecule is C[C@H]1CCc2c(sc(NC(=O)CN[C@H](C)c3ccc(Cl)cc3)c2C#N)C1. The molecule has 1 amide bonds. The van der Waals surface area contributed by atoms with Crippen molar-refractivity contribution in [1.82, 2.24) is 5.32 Å². The van der Waals surface area contributed by atoms with Gasteiger partial charge in [0.1, 0.15) is 11.1 Å². The molecule has 1 heterocycles. The number of halogens is 1. The van der Waals surface area contributed by atoms with E-state index in [1.807, 2.05) is 31.2 Å². The van der Waals surface area contributed by atoms with Crippen molar-refractivity contribution in [2.24, 2.45) is 5.92 Å². The number of carbonyl (C=O) groups excluding carboxylic acids is 1. The molecule has 0 fully saturated rings. The van der Waals surface area contributed by atoms with E-state index in [0.717, 1.165) is 30.4 Å². The molecule has 26 heavy (non-hydrogen) atoms. The molecule has 2 aromatic rings. The second kappa shape index (κ2) is 8.22. The second-order valence-corrected chi connectivity index (χ2v) is 8.41. The minimum atomic E-state index is -0.131. The molecule has 6 heteroatoms. The van der Waals surface area contributed by atoms with Gasteiger partial charge in [-0.3, -0.25) is 4.79 Å². The molecule has 3 rings (SSSR count). The maximum absolute atomic E-state index is 12.4. The van der Waals surface area contributed by atoms with Crippen molar-refractivity contribution >= 4 is 33.8 Å². The third kappa shape index (κ3) is 4.27. The zero-order valence-corrected chi connectivity index (χ0v) is 16.5. The van der Waals surface area contributed by atoms with Crippen molar-refractivity contribution in [1.29, 1.82) is 5.26 Å². The zero-order valence-electron chi connectivity index (χ0n) is 14.9. The molecule has 0 spiro atoms. The first kappa shape index (κ1) is 18.9. The number of amides is 1. The van der Waals surface area contributed by atoms with Crippen molar-refractivity contribution in [2.45, 2.75) is 39.2 Å². The Kier molecular flexibility index (Phi) is 5.98. The van der Waals surface area contributed by atoms with Crippen molar-refractivity contribution in [2.75, 3.05) is 11.9 Å². The number of hydrogen-bond acceptors (Lipinski definition) is 4. The van der Waals surface area contributed by atoms with Crippen LogP contribution in [-0.2, 0) is 17.6 Å². The van der Waals surface area contributed by atoms with Gasteiger partial charge < -0.3 is 10.6 Å².